The van der Waals surface area contributed by atoms with Crippen molar-refractivity contribution < 1.29 is 18.3 Å². The number of carbonyl (C=O) groups excluding carboxylic acids is 1. The highest BCUT2D eigenvalue weighted by Crippen LogP contribution is 2.43. The Morgan fingerprint density at radius 1 is 1.14 bits per heavy atom. The van der Waals surface area contributed by atoms with Crippen molar-refractivity contribution in [2.75, 3.05) is 36.4 Å². The number of rotatable bonds is 7. The first kappa shape index (κ1) is 24.8. The molecule has 0 aliphatic carbocycles. The predicted octanol–water partition coefficient (Wildman–Crippen LogP) is 4.11. The third-order valence-electron chi connectivity index (χ3n) is 6.96. The highest BCUT2D eigenvalue weighted by Gasteiger charge is 2.45. The summed E-state index contributed by atoms with van der Waals surface area (Å²) >= 11 is 0. The molecule has 1 amide bonds. The van der Waals surface area contributed by atoms with Crippen LogP contribution in [0.4, 0.5) is 26.2 Å². The molecule has 10 nitrogen and oxygen atoms in total. The van der Waals surface area contributed by atoms with Gasteiger partial charge in [0.05, 0.1) is 11.8 Å². The van der Waals surface area contributed by atoms with Crippen LogP contribution in [0, 0.1) is 5.41 Å². The second kappa shape index (κ2) is 9.91. The quantitative estimate of drug-likeness (QED) is 0.505. The average Bonchev–Trinajstić information content (AvgIpc) is 3.33. The zero-order valence-corrected chi connectivity index (χ0v) is 21.1. The van der Waals surface area contributed by atoms with Crippen LogP contribution in [0.15, 0.2) is 36.8 Å². The van der Waals surface area contributed by atoms with E-state index in [1.54, 1.807) is 13.1 Å². The van der Waals surface area contributed by atoms with E-state index in [9.17, 15) is 13.6 Å². The van der Waals surface area contributed by atoms with E-state index in [0.29, 0.717) is 17.5 Å². The fourth-order valence-electron chi connectivity index (χ4n) is 4.85. The Morgan fingerprint density at radius 2 is 1.89 bits per heavy atom. The van der Waals surface area contributed by atoms with Crippen LogP contribution in [0.25, 0.3) is 11.4 Å². The van der Waals surface area contributed by atoms with Crippen molar-refractivity contribution in [1.82, 2.24) is 29.6 Å². The van der Waals surface area contributed by atoms with Gasteiger partial charge >= 0.3 is 6.61 Å². The molecule has 0 saturated carbocycles. The molecule has 0 radical (unpaired) electrons. The number of likely N-dealkylation sites (tertiary alicyclic amines) is 1. The molecule has 2 aliphatic heterocycles. The zero-order chi connectivity index (χ0) is 26.2. The van der Waals surface area contributed by atoms with E-state index in [0.717, 1.165) is 50.4 Å². The number of piperidine rings is 1. The monoisotopic (exact) mass is 512 g/mol. The van der Waals surface area contributed by atoms with E-state index in [4.69, 9.17) is 4.98 Å². The molecule has 2 aliphatic rings. The van der Waals surface area contributed by atoms with Crippen molar-refractivity contribution in [2.24, 2.45) is 5.41 Å². The molecule has 1 spiro atoms. The van der Waals surface area contributed by atoms with Gasteiger partial charge in [-0.1, -0.05) is 0 Å². The summed E-state index contributed by atoms with van der Waals surface area (Å²) in [5.41, 5.74) is 0.946. The number of pyridine rings is 1. The van der Waals surface area contributed by atoms with Gasteiger partial charge in [-0.05, 0) is 32.8 Å². The second-order valence-electron chi connectivity index (χ2n) is 9.98. The van der Waals surface area contributed by atoms with Gasteiger partial charge in [0.15, 0.2) is 5.82 Å². The summed E-state index contributed by atoms with van der Waals surface area (Å²) in [6.07, 6.45) is 6.95. The summed E-state index contributed by atoms with van der Waals surface area (Å²) in [4.78, 5) is 29.5. The van der Waals surface area contributed by atoms with Crippen molar-refractivity contribution in [3.8, 4) is 17.1 Å². The maximum atomic E-state index is 12.7. The number of hydrogen-bond acceptors (Lipinski definition) is 8. The highest BCUT2D eigenvalue weighted by molar-refractivity contribution is 5.73. The molecule has 5 rings (SSSR count). The Bertz CT molecular complexity index is 1270. The summed E-state index contributed by atoms with van der Waals surface area (Å²) in [5.74, 6) is 2.18. The number of anilines is 3. The Labute approximate surface area is 213 Å². The molecule has 0 bridgehead atoms. The topological polar surface area (TPSA) is 101 Å². The van der Waals surface area contributed by atoms with Crippen molar-refractivity contribution in [3.05, 3.63) is 36.8 Å². The molecule has 3 aromatic rings. The summed E-state index contributed by atoms with van der Waals surface area (Å²) < 4.78 is 31.7. The minimum absolute atomic E-state index is 0.00167. The Hall–Kier alpha value is -3.83. The van der Waals surface area contributed by atoms with Gasteiger partial charge in [-0.15, -0.1) is 0 Å². The van der Waals surface area contributed by atoms with Gasteiger partial charge in [0.1, 0.15) is 23.2 Å². The van der Waals surface area contributed by atoms with Crippen molar-refractivity contribution in [1.29, 1.82) is 0 Å². The Morgan fingerprint density at radius 3 is 2.54 bits per heavy atom. The SMILES string of the molecule is CC(=O)N1CCC2(CC1)CN(c1cc(Nc3cc(OC(F)F)ccn3)nc(-c3cnn(C(C)C)c3)n1)C2. The van der Waals surface area contributed by atoms with Gasteiger partial charge in [0.25, 0.3) is 0 Å². The Kier molecular flexibility index (Phi) is 6.65. The summed E-state index contributed by atoms with van der Waals surface area (Å²) in [7, 11) is 0. The van der Waals surface area contributed by atoms with E-state index in [1.165, 1.54) is 18.3 Å². The van der Waals surface area contributed by atoms with Crippen LogP contribution in [-0.4, -0.2) is 68.3 Å². The maximum Gasteiger partial charge on any atom is 0.387 e. The first-order chi connectivity index (χ1) is 17.7. The maximum absolute atomic E-state index is 12.7. The number of nitrogens with one attached hydrogen (secondary N) is 1. The lowest BCUT2D eigenvalue weighted by atomic mass is 9.72. The third kappa shape index (κ3) is 5.47. The van der Waals surface area contributed by atoms with Crippen LogP contribution in [0.5, 0.6) is 5.75 Å². The van der Waals surface area contributed by atoms with Crippen LogP contribution < -0.4 is 15.0 Å². The summed E-state index contributed by atoms with van der Waals surface area (Å²) in [6, 6.07) is 4.78. The lowest BCUT2D eigenvalue weighted by Gasteiger charge is -2.54. The average molecular weight is 513 g/mol. The number of hydrogen-bond donors (Lipinski definition) is 1. The van der Waals surface area contributed by atoms with Gasteiger partial charge in [-0.25, -0.2) is 15.0 Å². The van der Waals surface area contributed by atoms with Gasteiger partial charge in [-0.2, -0.15) is 13.9 Å². The van der Waals surface area contributed by atoms with Gasteiger partial charge in [-0.3, -0.25) is 9.48 Å². The van der Waals surface area contributed by atoms with Crippen LogP contribution in [-0.2, 0) is 4.79 Å². The second-order valence-corrected chi connectivity index (χ2v) is 9.98. The number of halogens is 2. The molecular formula is C25H30F2N8O2. The van der Waals surface area contributed by atoms with Crippen LogP contribution in [0.3, 0.4) is 0 Å². The standard InChI is InChI=1S/C25H30F2N8O2/c1-16(2)35-13-18(12-29-35)23-31-21(30-20-10-19(4-7-28-20)37-24(26)27)11-22(32-23)34-14-25(15-34)5-8-33(9-6-25)17(3)36/h4,7,10-13,16,24H,5-6,8-9,14-15H2,1-3H3,(H,28,30,31,32). The van der Waals surface area contributed by atoms with E-state index in [1.807, 2.05) is 35.7 Å². The van der Waals surface area contributed by atoms with Gasteiger partial charge in [0.2, 0.25) is 5.91 Å². The number of aromatic nitrogens is 5. The van der Waals surface area contributed by atoms with Crippen molar-refractivity contribution in [2.45, 2.75) is 46.3 Å². The molecule has 3 aromatic heterocycles. The summed E-state index contributed by atoms with van der Waals surface area (Å²) in [6.45, 7) is 6.02. The van der Waals surface area contributed by atoms with E-state index in [2.05, 4.69) is 30.0 Å². The fraction of sp³-hybridized carbons (Fsp3) is 0.480. The largest absolute Gasteiger partial charge is 0.435 e. The van der Waals surface area contributed by atoms with Crippen LogP contribution >= 0.6 is 0 Å². The van der Waals surface area contributed by atoms with E-state index >= 15 is 0 Å². The minimum atomic E-state index is -2.92. The molecule has 12 heteroatoms. The van der Waals surface area contributed by atoms with Gasteiger partial charge in [0, 0.05) is 69.1 Å². The molecule has 2 saturated heterocycles. The fourth-order valence-corrected chi connectivity index (χ4v) is 4.85. The molecule has 0 atom stereocenters. The van der Waals surface area contributed by atoms with E-state index < -0.39 is 6.61 Å². The first-order valence-electron chi connectivity index (χ1n) is 12.3. The lowest BCUT2D eigenvalue weighted by Crippen LogP contribution is -2.61. The molecule has 0 aromatic carbocycles. The van der Waals surface area contributed by atoms with E-state index in [-0.39, 0.29) is 23.1 Å². The number of carbonyl (C=O) groups is 1. The number of ether oxygens (including phenoxy) is 1. The van der Waals surface area contributed by atoms with Gasteiger partial charge < -0.3 is 19.9 Å². The number of nitrogens with zero attached hydrogens (tertiary/aromatic N) is 7. The highest BCUT2D eigenvalue weighted by atomic mass is 19.3. The molecule has 2 fully saturated rings. The van der Waals surface area contributed by atoms with Crippen LogP contribution in [0.2, 0.25) is 0 Å². The number of alkyl halides is 2. The predicted molar refractivity (Wildman–Crippen MR) is 134 cm³/mol. The molecular weight excluding hydrogens is 482 g/mol. The minimum Gasteiger partial charge on any atom is -0.435 e. The molecule has 5 heterocycles. The normalized spacial score (nSPS) is 16.8. The smallest absolute Gasteiger partial charge is 0.387 e. The number of amides is 1. The summed E-state index contributed by atoms with van der Waals surface area (Å²) in [5, 5.41) is 7.52. The first-order valence-corrected chi connectivity index (χ1v) is 12.3. The molecule has 37 heavy (non-hydrogen) atoms. The molecule has 196 valence electrons. The molecule has 1 N–H and O–H groups in total. The third-order valence-corrected chi connectivity index (χ3v) is 6.96. The van der Waals surface area contributed by atoms with Crippen molar-refractivity contribution in [3.63, 3.8) is 0 Å². The van der Waals surface area contributed by atoms with Crippen molar-refractivity contribution >= 4 is 23.4 Å². The van der Waals surface area contributed by atoms with Crippen LogP contribution in [0.1, 0.15) is 39.7 Å². The zero-order valence-electron chi connectivity index (χ0n) is 21.1. The molecule has 0 unspecified atom stereocenters. The lowest BCUT2D eigenvalue weighted by molar-refractivity contribution is -0.131. The Balaban J connectivity index is 1.40.